The molecule has 0 spiro atoms. The molecule has 98 valence electrons. The van der Waals surface area contributed by atoms with E-state index in [1.807, 2.05) is 18.4 Å². The first kappa shape index (κ1) is 13.7. The van der Waals surface area contributed by atoms with Gasteiger partial charge in [0.15, 0.2) is 0 Å². The van der Waals surface area contributed by atoms with E-state index in [1.54, 1.807) is 17.8 Å². The molecule has 0 radical (unpaired) electrons. The Kier molecular flexibility index (Phi) is 4.20. The van der Waals surface area contributed by atoms with E-state index < -0.39 is 5.54 Å². The highest BCUT2D eigenvalue weighted by Crippen LogP contribution is 2.31. The van der Waals surface area contributed by atoms with Gasteiger partial charge < -0.3 is 11.1 Å². The number of nitrogens with one attached hydrogen (secondary N) is 1. The van der Waals surface area contributed by atoms with Crippen molar-refractivity contribution < 1.29 is 4.79 Å². The molecule has 1 aromatic rings. The molecule has 2 rings (SSSR count). The molecule has 1 aliphatic carbocycles. The summed E-state index contributed by atoms with van der Waals surface area (Å²) in [5.74, 6) is -0.104. The Balaban J connectivity index is 2.09. The van der Waals surface area contributed by atoms with Crippen molar-refractivity contribution in [2.75, 3.05) is 11.6 Å². The Hall–Kier alpha value is -0.710. The largest absolute Gasteiger partial charge is 0.324 e. The molecule has 1 aromatic carbocycles. The summed E-state index contributed by atoms with van der Waals surface area (Å²) in [6.07, 6.45) is 5.53. The predicted octanol–water partition coefficient (Wildman–Crippen LogP) is 3.27. The quantitative estimate of drug-likeness (QED) is 0.838. The van der Waals surface area contributed by atoms with Crippen LogP contribution in [0.4, 0.5) is 5.69 Å². The van der Waals surface area contributed by atoms with E-state index in [0.717, 1.165) is 30.6 Å². The number of thioether (sulfide) groups is 1. The van der Waals surface area contributed by atoms with Crippen molar-refractivity contribution in [3.05, 3.63) is 23.2 Å². The van der Waals surface area contributed by atoms with Gasteiger partial charge in [-0.15, -0.1) is 11.8 Å². The number of amides is 1. The van der Waals surface area contributed by atoms with Gasteiger partial charge in [-0.25, -0.2) is 0 Å². The van der Waals surface area contributed by atoms with Gasteiger partial charge in [-0.05, 0) is 37.3 Å². The zero-order valence-corrected chi connectivity index (χ0v) is 11.9. The van der Waals surface area contributed by atoms with Crippen LogP contribution in [0.5, 0.6) is 0 Å². The number of nitrogens with two attached hydrogens (primary N) is 1. The lowest BCUT2D eigenvalue weighted by Gasteiger charge is -2.22. The van der Waals surface area contributed by atoms with Crippen molar-refractivity contribution in [3.8, 4) is 0 Å². The molecule has 0 aromatic heterocycles. The molecule has 1 amide bonds. The summed E-state index contributed by atoms with van der Waals surface area (Å²) < 4.78 is 0. The van der Waals surface area contributed by atoms with E-state index in [0.29, 0.717) is 10.7 Å². The summed E-state index contributed by atoms with van der Waals surface area (Å²) in [6, 6.07) is 5.53. The Morgan fingerprint density at radius 1 is 1.44 bits per heavy atom. The van der Waals surface area contributed by atoms with Gasteiger partial charge in [-0.1, -0.05) is 24.4 Å². The Bertz CT molecular complexity index is 458. The van der Waals surface area contributed by atoms with Crippen molar-refractivity contribution in [2.45, 2.75) is 36.1 Å². The van der Waals surface area contributed by atoms with E-state index in [9.17, 15) is 4.79 Å². The van der Waals surface area contributed by atoms with Crippen LogP contribution in [-0.4, -0.2) is 17.7 Å². The molecule has 0 saturated heterocycles. The van der Waals surface area contributed by atoms with Gasteiger partial charge in [0, 0.05) is 10.6 Å². The van der Waals surface area contributed by atoms with Crippen LogP contribution in [0.2, 0.25) is 5.02 Å². The minimum Gasteiger partial charge on any atom is -0.324 e. The first-order valence-corrected chi connectivity index (χ1v) is 7.59. The van der Waals surface area contributed by atoms with Crippen molar-refractivity contribution >= 4 is 35.0 Å². The zero-order valence-electron chi connectivity index (χ0n) is 10.3. The smallest absolute Gasteiger partial charge is 0.244 e. The second-order valence-electron chi connectivity index (χ2n) is 4.67. The van der Waals surface area contributed by atoms with Crippen LogP contribution in [0.25, 0.3) is 0 Å². The fourth-order valence-corrected chi connectivity index (χ4v) is 3.10. The number of carbonyl (C=O) groups excluding carboxylic acids is 1. The highest BCUT2D eigenvalue weighted by molar-refractivity contribution is 7.98. The lowest BCUT2D eigenvalue weighted by atomic mass is 9.98. The number of carbonyl (C=O) groups is 1. The monoisotopic (exact) mass is 284 g/mol. The third-order valence-electron chi connectivity index (χ3n) is 3.36. The van der Waals surface area contributed by atoms with Gasteiger partial charge in [0.05, 0.1) is 10.6 Å². The minimum atomic E-state index is -0.704. The van der Waals surface area contributed by atoms with E-state index in [-0.39, 0.29) is 5.91 Å². The molecule has 1 aliphatic rings. The Labute approximate surface area is 116 Å². The normalized spacial score (nSPS) is 17.7. The summed E-state index contributed by atoms with van der Waals surface area (Å²) in [5, 5.41) is 3.51. The van der Waals surface area contributed by atoms with Crippen LogP contribution in [0.3, 0.4) is 0 Å². The molecular formula is C13H17ClN2OS. The highest BCUT2D eigenvalue weighted by atomic mass is 35.5. The van der Waals surface area contributed by atoms with Crippen molar-refractivity contribution in [2.24, 2.45) is 5.73 Å². The molecular weight excluding hydrogens is 268 g/mol. The number of anilines is 1. The molecule has 5 heteroatoms. The van der Waals surface area contributed by atoms with Gasteiger partial charge in [0.2, 0.25) is 5.91 Å². The Morgan fingerprint density at radius 2 is 2.11 bits per heavy atom. The van der Waals surface area contributed by atoms with E-state index >= 15 is 0 Å². The van der Waals surface area contributed by atoms with Gasteiger partial charge in [0.1, 0.15) is 0 Å². The second-order valence-corrected chi connectivity index (χ2v) is 5.92. The number of rotatable bonds is 3. The molecule has 1 fully saturated rings. The standard InChI is InChI=1S/C13H17ClN2OS/c1-18-11-5-4-9(8-10(11)14)16-12(17)13(15)6-2-3-7-13/h4-5,8H,2-3,6-7,15H2,1H3,(H,16,17). The average molecular weight is 285 g/mol. The predicted molar refractivity (Wildman–Crippen MR) is 77.2 cm³/mol. The lowest BCUT2D eigenvalue weighted by molar-refractivity contribution is -0.121. The summed E-state index contributed by atoms with van der Waals surface area (Å²) in [7, 11) is 0. The molecule has 0 unspecified atom stereocenters. The number of hydrogen-bond donors (Lipinski definition) is 2. The molecule has 0 heterocycles. The fourth-order valence-electron chi connectivity index (χ4n) is 2.23. The van der Waals surface area contributed by atoms with Crippen LogP contribution in [-0.2, 0) is 4.79 Å². The highest BCUT2D eigenvalue weighted by Gasteiger charge is 2.36. The molecule has 0 atom stereocenters. The maximum atomic E-state index is 12.1. The summed E-state index contributed by atoms with van der Waals surface area (Å²) in [4.78, 5) is 13.1. The zero-order chi connectivity index (χ0) is 13.2. The molecule has 3 N–H and O–H groups in total. The van der Waals surface area contributed by atoms with E-state index in [2.05, 4.69) is 5.32 Å². The van der Waals surface area contributed by atoms with Gasteiger partial charge in [-0.3, -0.25) is 4.79 Å². The van der Waals surface area contributed by atoms with E-state index in [1.165, 1.54) is 0 Å². The third-order valence-corrected chi connectivity index (χ3v) is 4.58. The lowest BCUT2D eigenvalue weighted by Crippen LogP contribution is -2.48. The van der Waals surface area contributed by atoms with Crippen LogP contribution in [0.15, 0.2) is 23.1 Å². The molecule has 0 bridgehead atoms. The van der Waals surface area contributed by atoms with Crippen molar-refractivity contribution in [3.63, 3.8) is 0 Å². The average Bonchev–Trinajstić information content (AvgIpc) is 2.78. The van der Waals surface area contributed by atoms with Crippen molar-refractivity contribution in [1.82, 2.24) is 0 Å². The van der Waals surface area contributed by atoms with E-state index in [4.69, 9.17) is 17.3 Å². The Morgan fingerprint density at radius 3 is 2.67 bits per heavy atom. The van der Waals surface area contributed by atoms with Crippen LogP contribution < -0.4 is 11.1 Å². The minimum absolute atomic E-state index is 0.104. The fraction of sp³-hybridized carbons (Fsp3) is 0.462. The van der Waals surface area contributed by atoms with Gasteiger partial charge in [0.25, 0.3) is 0 Å². The molecule has 3 nitrogen and oxygen atoms in total. The first-order chi connectivity index (χ1) is 8.55. The summed E-state index contributed by atoms with van der Waals surface area (Å²) in [6.45, 7) is 0. The molecule has 1 saturated carbocycles. The summed E-state index contributed by atoms with van der Waals surface area (Å²) >= 11 is 7.68. The number of benzene rings is 1. The van der Waals surface area contributed by atoms with Gasteiger partial charge in [-0.2, -0.15) is 0 Å². The topological polar surface area (TPSA) is 55.1 Å². The SMILES string of the molecule is CSc1ccc(NC(=O)C2(N)CCCC2)cc1Cl. The van der Waals surface area contributed by atoms with Crippen LogP contribution >= 0.6 is 23.4 Å². The second kappa shape index (κ2) is 5.51. The van der Waals surface area contributed by atoms with Crippen molar-refractivity contribution in [1.29, 1.82) is 0 Å². The maximum Gasteiger partial charge on any atom is 0.244 e. The van der Waals surface area contributed by atoms with Crippen LogP contribution in [0.1, 0.15) is 25.7 Å². The van der Waals surface area contributed by atoms with Crippen LogP contribution in [0, 0.1) is 0 Å². The number of hydrogen-bond acceptors (Lipinski definition) is 3. The maximum absolute atomic E-state index is 12.1. The van der Waals surface area contributed by atoms with Gasteiger partial charge >= 0.3 is 0 Å². The molecule has 0 aliphatic heterocycles. The third kappa shape index (κ3) is 2.82. The summed E-state index contributed by atoms with van der Waals surface area (Å²) in [5.41, 5.74) is 6.10. The first-order valence-electron chi connectivity index (χ1n) is 5.99. The molecule has 18 heavy (non-hydrogen) atoms. The number of halogens is 1.